The molecule has 0 spiro atoms. The first-order valence-corrected chi connectivity index (χ1v) is 7.41. The molecular weight excluding hydrogens is 302 g/mol. The number of carboxylic acids is 3. The molecule has 7 heteroatoms. The zero-order valence-corrected chi connectivity index (χ0v) is 14.2. The lowest BCUT2D eigenvalue weighted by Gasteiger charge is -2.00. The summed E-state index contributed by atoms with van der Waals surface area (Å²) < 4.78 is 0. The van der Waals surface area contributed by atoms with E-state index in [0.29, 0.717) is 12.2 Å². The van der Waals surface area contributed by atoms with Gasteiger partial charge in [-0.25, -0.2) is 0 Å². The summed E-state index contributed by atoms with van der Waals surface area (Å²) in [5.41, 5.74) is 0. The molecular formula is C16H27NO6-3. The number of carbonyl (C=O) groups excluding carboxylic acids is 3. The number of hydrogen-bond donors (Lipinski definition) is 0. The maximum atomic E-state index is 9.92. The van der Waals surface area contributed by atoms with E-state index in [2.05, 4.69) is 13.8 Å². The van der Waals surface area contributed by atoms with Gasteiger partial charge in [0.15, 0.2) is 0 Å². The molecule has 0 aliphatic carbocycles. The van der Waals surface area contributed by atoms with Crippen molar-refractivity contribution in [1.82, 2.24) is 4.90 Å². The third kappa shape index (κ3) is 45.0. The van der Waals surface area contributed by atoms with Gasteiger partial charge in [0.2, 0.25) is 0 Å². The Morgan fingerprint density at radius 2 is 1.30 bits per heavy atom. The monoisotopic (exact) mass is 329 g/mol. The van der Waals surface area contributed by atoms with Gasteiger partial charge in [-0.3, -0.25) is 0 Å². The fraction of sp³-hybridized carbons (Fsp3) is 0.625. The van der Waals surface area contributed by atoms with Gasteiger partial charge < -0.3 is 34.6 Å². The summed E-state index contributed by atoms with van der Waals surface area (Å²) in [4.78, 5) is 30.8. The van der Waals surface area contributed by atoms with E-state index >= 15 is 0 Å². The zero-order chi connectivity index (χ0) is 18.7. The van der Waals surface area contributed by atoms with Crippen LogP contribution in [-0.4, -0.2) is 43.4 Å². The minimum atomic E-state index is -1.55. The third-order valence-electron chi connectivity index (χ3n) is 2.29. The molecule has 0 fully saturated rings. The Hall–Kier alpha value is -1.89. The second-order valence-corrected chi connectivity index (χ2v) is 4.81. The topological polar surface area (TPSA) is 124 Å². The quantitative estimate of drug-likeness (QED) is 0.373. The Morgan fingerprint density at radius 3 is 1.57 bits per heavy atom. The van der Waals surface area contributed by atoms with Crippen LogP contribution in [0.3, 0.4) is 0 Å². The molecule has 0 saturated carbocycles. The molecule has 7 nitrogen and oxygen atoms in total. The number of unbranched alkanes of at least 4 members (excludes halogenated alkanes) is 4. The number of carboxylic acid groups (broad SMARTS) is 3. The van der Waals surface area contributed by atoms with Gasteiger partial charge in [0.1, 0.15) is 0 Å². The molecule has 0 unspecified atom stereocenters. The van der Waals surface area contributed by atoms with Gasteiger partial charge in [-0.2, -0.15) is 0 Å². The van der Waals surface area contributed by atoms with Gasteiger partial charge in [0.25, 0.3) is 0 Å². The van der Waals surface area contributed by atoms with Crippen LogP contribution in [0.15, 0.2) is 12.2 Å². The van der Waals surface area contributed by atoms with Crippen LogP contribution in [0.1, 0.15) is 45.4 Å². The smallest absolute Gasteiger partial charge is 0.0643 e. The Morgan fingerprint density at radius 1 is 0.913 bits per heavy atom. The van der Waals surface area contributed by atoms with Crippen LogP contribution in [0.5, 0.6) is 0 Å². The van der Waals surface area contributed by atoms with E-state index in [1.807, 2.05) is 19.0 Å². The number of hydrogen-bond acceptors (Lipinski definition) is 7. The van der Waals surface area contributed by atoms with E-state index in [4.69, 9.17) is 0 Å². The molecule has 0 aromatic heterocycles. The minimum absolute atomic E-state index is 0.226. The predicted octanol–water partition coefficient (Wildman–Crippen LogP) is -1.48. The molecule has 0 heterocycles. The first-order chi connectivity index (χ1) is 10.7. The molecule has 0 rings (SSSR count). The van der Waals surface area contributed by atoms with Crippen LogP contribution in [0.4, 0.5) is 0 Å². The molecule has 1 radical (unpaired) electrons. The molecule has 23 heavy (non-hydrogen) atoms. The Bertz CT molecular complexity index is 323. The summed E-state index contributed by atoms with van der Waals surface area (Å²) in [5, 5.41) is 28.8. The van der Waals surface area contributed by atoms with E-state index in [1.165, 1.54) is 12.8 Å². The highest BCUT2D eigenvalue weighted by atomic mass is 16.4. The number of nitrogens with zero attached hydrogens (tertiary/aromatic N) is 1. The average molecular weight is 329 g/mol. The standard InChI is InChI=1S/C8H16O2.C4H10N.C4H4O4/c1-2-3-4-5-6-7-8(9)10;1-4-5(2)3;5-3(6)1-2-4(7)8/h2-7H2,1H3,(H,9,10);1,4H2,2-3H3;1-2H,(H,5,6)(H,7,8)/p-3/b;;2-1-. The zero-order valence-electron chi connectivity index (χ0n) is 14.2. The van der Waals surface area contributed by atoms with E-state index in [1.54, 1.807) is 0 Å². The van der Waals surface area contributed by atoms with Crippen molar-refractivity contribution in [1.29, 1.82) is 0 Å². The molecule has 0 atom stereocenters. The van der Waals surface area contributed by atoms with Crippen molar-refractivity contribution < 1.29 is 29.7 Å². The van der Waals surface area contributed by atoms with Gasteiger partial charge in [-0.15, -0.1) is 0 Å². The first-order valence-electron chi connectivity index (χ1n) is 7.41. The van der Waals surface area contributed by atoms with Crippen molar-refractivity contribution >= 4 is 17.9 Å². The second-order valence-electron chi connectivity index (χ2n) is 4.81. The molecule has 0 N–H and O–H groups in total. The summed E-state index contributed by atoms with van der Waals surface area (Å²) in [6.45, 7) is 6.64. The summed E-state index contributed by atoms with van der Waals surface area (Å²) >= 11 is 0. The van der Waals surface area contributed by atoms with Gasteiger partial charge in [-0.1, -0.05) is 32.6 Å². The van der Waals surface area contributed by atoms with Crippen molar-refractivity contribution in [3.8, 4) is 0 Å². The summed E-state index contributed by atoms with van der Waals surface area (Å²) in [6, 6.07) is 0. The number of aliphatic carboxylic acids is 3. The number of carbonyl (C=O) groups is 3. The second kappa shape index (κ2) is 20.1. The first kappa shape index (κ1) is 26.0. The lowest BCUT2D eigenvalue weighted by atomic mass is 10.1. The average Bonchev–Trinajstić information content (AvgIpc) is 2.46. The van der Waals surface area contributed by atoms with Crippen molar-refractivity contribution in [2.24, 2.45) is 0 Å². The minimum Gasteiger partial charge on any atom is -0.550 e. The summed E-state index contributed by atoms with van der Waals surface area (Å²) in [6.07, 6.45) is 6.38. The normalized spacial score (nSPS) is 9.61. The van der Waals surface area contributed by atoms with Gasteiger partial charge in [-0.05, 0) is 52.6 Å². The maximum Gasteiger partial charge on any atom is 0.0643 e. The molecule has 0 aromatic rings. The van der Waals surface area contributed by atoms with Crippen LogP contribution < -0.4 is 15.3 Å². The summed E-state index contributed by atoms with van der Waals surface area (Å²) in [7, 11) is 3.99. The van der Waals surface area contributed by atoms with E-state index in [0.717, 1.165) is 25.8 Å². The van der Waals surface area contributed by atoms with E-state index in [-0.39, 0.29) is 6.42 Å². The van der Waals surface area contributed by atoms with Crippen LogP contribution >= 0.6 is 0 Å². The molecule has 0 aromatic carbocycles. The Kier molecular flexibility index (Phi) is 22.8. The highest BCUT2D eigenvalue weighted by molar-refractivity contribution is 5.87. The van der Waals surface area contributed by atoms with Gasteiger partial charge in [0, 0.05) is 5.97 Å². The lowest BCUT2D eigenvalue weighted by molar-refractivity contribution is -0.306. The fourth-order valence-corrected chi connectivity index (χ4v) is 1.01. The van der Waals surface area contributed by atoms with Crippen molar-refractivity contribution in [3.63, 3.8) is 0 Å². The maximum absolute atomic E-state index is 9.92. The molecule has 0 aliphatic heterocycles. The Balaban J connectivity index is -0.000000276. The van der Waals surface area contributed by atoms with Gasteiger partial charge in [0.05, 0.1) is 11.9 Å². The molecule has 0 aliphatic rings. The molecule has 0 saturated heterocycles. The van der Waals surface area contributed by atoms with Gasteiger partial charge >= 0.3 is 0 Å². The van der Waals surface area contributed by atoms with Crippen LogP contribution in [0.2, 0.25) is 0 Å². The van der Waals surface area contributed by atoms with Crippen LogP contribution in [0, 0.1) is 6.92 Å². The fourth-order valence-electron chi connectivity index (χ4n) is 1.01. The SMILES string of the molecule is CCCCCCCC(=O)[O-].O=C([O-])/C=C\C(=O)[O-].[CH2]CN(C)C. The lowest BCUT2D eigenvalue weighted by Crippen LogP contribution is -2.23. The number of rotatable bonds is 9. The van der Waals surface area contributed by atoms with E-state index < -0.39 is 17.9 Å². The van der Waals surface area contributed by atoms with Crippen LogP contribution in [0.25, 0.3) is 0 Å². The highest BCUT2D eigenvalue weighted by Crippen LogP contribution is 2.03. The Labute approximate surface area is 138 Å². The molecule has 0 bridgehead atoms. The van der Waals surface area contributed by atoms with Crippen molar-refractivity contribution in [2.75, 3.05) is 20.6 Å². The molecule has 135 valence electrons. The van der Waals surface area contributed by atoms with Crippen LogP contribution in [-0.2, 0) is 14.4 Å². The highest BCUT2D eigenvalue weighted by Gasteiger charge is 1.88. The van der Waals surface area contributed by atoms with E-state index in [9.17, 15) is 29.7 Å². The summed E-state index contributed by atoms with van der Waals surface area (Å²) in [5.74, 6) is -4.01. The largest absolute Gasteiger partial charge is 0.550 e. The van der Waals surface area contributed by atoms with Crippen molar-refractivity contribution in [2.45, 2.75) is 45.4 Å². The van der Waals surface area contributed by atoms with Crippen molar-refractivity contribution in [3.05, 3.63) is 19.1 Å². The molecule has 0 amide bonds. The predicted molar refractivity (Wildman–Crippen MR) is 81.4 cm³/mol. The third-order valence-corrected chi connectivity index (χ3v) is 2.29.